The molecule has 4 nitrogen and oxygen atoms in total. The van der Waals surface area contributed by atoms with Crippen molar-refractivity contribution in [2.45, 2.75) is 18.9 Å². The number of hydrogen-bond donors (Lipinski definition) is 1. The summed E-state index contributed by atoms with van der Waals surface area (Å²) >= 11 is 0. The van der Waals surface area contributed by atoms with E-state index in [1.54, 1.807) is 30.6 Å². The van der Waals surface area contributed by atoms with E-state index in [-0.39, 0.29) is 11.7 Å². The van der Waals surface area contributed by atoms with Gasteiger partial charge in [-0.3, -0.25) is 4.98 Å². The molecule has 0 amide bonds. The first-order valence-electron chi connectivity index (χ1n) is 6.18. The van der Waals surface area contributed by atoms with E-state index in [1.807, 2.05) is 12.1 Å². The molecule has 1 aliphatic carbocycles. The van der Waals surface area contributed by atoms with Crippen molar-refractivity contribution in [3.05, 3.63) is 48.3 Å². The Morgan fingerprint density at radius 3 is 2.79 bits per heavy atom. The van der Waals surface area contributed by atoms with Gasteiger partial charge in [0, 0.05) is 23.5 Å². The van der Waals surface area contributed by atoms with Gasteiger partial charge in [-0.25, -0.2) is 4.79 Å². The predicted molar refractivity (Wildman–Crippen MR) is 70.3 cm³/mol. The summed E-state index contributed by atoms with van der Waals surface area (Å²) in [5, 5.41) is 9.08. The van der Waals surface area contributed by atoms with Gasteiger partial charge in [0.05, 0.1) is 11.7 Å². The molecule has 2 aromatic rings. The van der Waals surface area contributed by atoms with Gasteiger partial charge < -0.3 is 9.84 Å². The minimum absolute atomic E-state index is 0.252. The first kappa shape index (κ1) is 11.7. The highest BCUT2D eigenvalue weighted by Crippen LogP contribution is 2.35. The van der Waals surface area contributed by atoms with Gasteiger partial charge in [-0.2, -0.15) is 0 Å². The van der Waals surface area contributed by atoms with Gasteiger partial charge in [0.25, 0.3) is 0 Å². The molecule has 96 valence electrons. The van der Waals surface area contributed by atoms with E-state index in [9.17, 15) is 4.79 Å². The maximum absolute atomic E-state index is 11.1. The van der Waals surface area contributed by atoms with Gasteiger partial charge in [0.2, 0.25) is 0 Å². The Bertz CT molecular complexity index is 606. The zero-order valence-corrected chi connectivity index (χ0v) is 10.2. The van der Waals surface area contributed by atoms with E-state index in [0.29, 0.717) is 0 Å². The summed E-state index contributed by atoms with van der Waals surface area (Å²) < 4.78 is 5.82. The van der Waals surface area contributed by atoms with Crippen molar-refractivity contribution in [3.8, 4) is 16.9 Å². The van der Waals surface area contributed by atoms with Crippen LogP contribution in [0, 0.1) is 0 Å². The lowest BCUT2D eigenvalue weighted by Gasteiger charge is -2.11. The van der Waals surface area contributed by atoms with Gasteiger partial charge >= 0.3 is 5.97 Å². The summed E-state index contributed by atoms with van der Waals surface area (Å²) in [4.78, 5) is 15.1. The summed E-state index contributed by atoms with van der Waals surface area (Å²) in [6, 6.07) is 8.65. The number of aromatic nitrogens is 1. The van der Waals surface area contributed by atoms with Crippen molar-refractivity contribution in [1.82, 2.24) is 4.98 Å². The molecule has 1 saturated carbocycles. The van der Waals surface area contributed by atoms with Crippen LogP contribution in [0.5, 0.6) is 5.75 Å². The Morgan fingerprint density at radius 1 is 1.32 bits per heavy atom. The highest BCUT2D eigenvalue weighted by atomic mass is 16.5. The third-order valence-corrected chi connectivity index (χ3v) is 3.02. The average molecular weight is 255 g/mol. The standard InChI is InChI=1S/C15H13NO3/c17-15(18)10-3-6-14(19-12-4-5-12)13(8-10)11-2-1-7-16-9-11/h1-3,6-9,12H,4-5H2,(H,17,18). The fourth-order valence-electron chi connectivity index (χ4n) is 1.88. The molecule has 0 unspecified atom stereocenters. The Balaban J connectivity index is 2.06. The van der Waals surface area contributed by atoms with Gasteiger partial charge in [-0.05, 0) is 37.1 Å². The van der Waals surface area contributed by atoms with Crippen LogP contribution in [0.25, 0.3) is 11.1 Å². The van der Waals surface area contributed by atoms with Crippen LogP contribution < -0.4 is 4.74 Å². The summed E-state index contributed by atoms with van der Waals surface area (Å²) in [7, 11) is 0. The Kier molecular flexibility index (Phi) is 2.91. The zero-order chi connectivity index (χ0) is 13.2. The van der Waals surface area contributed by atoms with Crippen molar-refractivity contribution in [2.75, 3.05) is 0 Å². The summed E-state index contributed by atoms with van der Waals surface area (Å²) in [5.41, 5.74) is 1.89. The highest BCUT2D eigenvalue weighted by Gasteiger charge is 2.25. The van der Waals surface area contributed by atoms with Crippen LogP contribution in [0.4, 0.5) is 0 Å². The maximum Gasteiger partial charge on any atom is 0.335 e. The SMILES string of the molecule is O=C(O)c1ccc(OC2CC2)c(-c2cccnc2)c1. The first-order chi connectivity index (χ1) is 9.24. The van der Waals surface area contributed by atoms with Crippen LogP contribution in [0.3, 0.4) is 0 Å². The zero-order valence-electron chi connectivity index (χ0n) is 10.2. The molecule has 0 bridgehead atoms. The molecule has 1 aliphatic rings. The summed E-state index contributed by atoms with van der Waals surface area (Å²) in [6.07, 6.45) is 5.79. The van der Waals surface area contributed by atoms with Crippen molar-refractivity contribution in [1.29, 1.82) is 0 Å². The number of carbonyl (C=O) groups is 1. The molecule has 1 heterocycles. The number of rotatable bonds is 4. The molecule has 0 atom stereocenters. The summed E-state index contributed by atoms with van der Waals surface area (Å²) in [6.45, 7) is 0. The highest BCUT2D eigenvalue weighted by molar-refractivity contribution is 5.90. The lowest BCUT2D eigenvalue weighted by Crippen LogP contribution is -2.01. The van der Waals surface area contributed by atoms with E-state index in [1.165, 1.54) is 0 Å². The molecule has 1 aromatic heterocycles. The van der Waals surface area contributed by atoms with Crippen molar-refractivity contribution >= 4 is 5.97 Å². The number of carboxylic acids is 1. The topological polar surface area (TPSA) is 59.4 Å². The predicted octanol–water partition coefficient (Wildman–Crippen LogP) is 2.99. The van der Waals surface area contributed by atoms with Crippen LogP contribution in [0.1, 0.15) is 23.2 Å². The third kappa shape index (κ3) is 2.57. The number of nitrogens with zero attached hydrogens (tertiary/aromatic N) is 1. The van der Waals surface area contributed by atoms with Crippen LogP contribution in [0.15, 0.2) is 42.7 Å². The number of ether oxygens (including phenoxy) is 1. The fraction of sp³-hybridized carbons (Fsp3) is 0.200. The molecular formula is C15H13NO3. The average Bonchev–Trinajstić information content (AvgIpc) is 3.24. The van der Waals surface area contributed by atoms with Gasteiger partial charge in [0.1, 0.15) is 5.75 Å². The smallest absolute Gasteiger partial charge is 0.335 e. The number of carboxylic acid groups (broad SMARTS) is 1. The molecule has 1 fully saturated rings. The van der Waals surface area contributed by atoms with Crippen molar-refractivity contribution in [3.63, 3.8) is 0 Å². The Hall–Kier alpha value is -2.36. The number of benzene rings is 1. The molecule has 1 N–H and O–H groups in total. The van der Waals surface area contributed by atoms with Crippen molar-refractivity contribution < 1.29 is 14.6 Å². The molecule has 0 spiro atoms. The lowest BCUT2D eigenvalue weighted by molar-refractivity contribution is 0.0697. The molecular weight excluding hydrogens is 242 g/mol. The normalized spacial score (nSPS) is 14.1. The van der Waals surface area contributed by atoms with E-state index in [4.69, 9.17) is 9.84 Å². The van der Waals surface area contributed by atoms with Gasteiger partial charge in [0.15, 0.2) is 0 Å². The molecule has 0 aliphatic heterocycles. The molecule has 19 heavy (non-hydrogen) atoms. The van der Waals surface area contributed by atoms with Crippen molar-refractivity contribution in [2.24, 2.45) is 0 Å². The number of hydrogen-bond acceptors (Lipinski definition) is 3. The van der Waals surface area contributed by atoms with Crippen LogP contribution in [-0.2, 0) is 0 Å². The largest absolute Gasteiger partial charge is 0.490 e. The van der Waals surface area contributed by atoms with Crippen LogP contribution in [0.2, 0.25) is 0 Å². The Morgan fingerprint density at radius 2 is 2.16 bits per heavy atom. The second-order valence-corrected chi connectivity index (χ2v) is 4.58. The minimum atomic E-state index is -0.942. The molecule has 4 heteroatoms. The van der Waals surface area contributed by atoms with E-state index >= 15 is 0 Å². The van der Waals surface area contributed by atoms with E-state index < -0.39 is 5.97 Å². The van der Waals surface area contributed by atoms with Gasteiger partial charge in [-0.1, -0.05) is 6.07 Å². The number of aromatic carboxylic acids is 1. The number of pyridine rings is 1. The third-order valence-electron chi connectivity index (χ3n) is 3.02. The van der Waals surface area contributed by atoms with Gasteiger partial charge in [-0.15, -0.1) is 0 Å². The molecule has 0 radical (unpaired) electrons. The fourth-order valence-corrected chi connectivity index (χ4v) is 1.88. The Labute approximate surface area is 110 Å². The molecule has 3 rings (SSSR count). The molecule has 0 saturated heterocycles. The quantitative estimate of drug-likeness (QED) is 0.912. The summed E-state index contributed by atoms with van der Waals surface area (Å²) in [5.74, 6) is -0.219. The second kappa shape index (κ2) is 4.72. The first-order valence-corrected chi connectivity index (χ1v) is 6.18. The van der Waals surface area contributed by atoms with Crippen LogP contribution in [-0.4, -0.2) is 22.2 Å². The minimum Gasteiger partial charge on any atom is -0.490 e. The lowest BCUT2D eigenvalue weighted by atomic mass is 10.0. The van der Waals surface area contributed by atoms with E-state index in [0.717, 1.165) is 29.7 Å². The maximum atomic E-state index is 11.1. The second-order valence-electron chi connectivity index (χ2n) is 4.58. The van der Waals surface area contributed by atoms with Crippen LogP contribution >= 0.6 is 0 Å². The molecule has 1 aromatic carbocycles. The van der Waals surface area contributed by atoms with E-state index in [2.05, 4.69) is 4.98 Å². The monoisotopic (exact) mass is 255 g/mol.